The van der Waals surface area contributed by atoms with Gasteiger partial charge in [0.05, 0.1) is 5.69 Å². The van der Waals surface area contributed by atoms with Crippen molar-refractivity contribution in [3.63, 3.8) is 0 Å². The van der Waals surface area contributed by atoms with E-state index in [1.807, 2.05) is 0 Å². The SMILES string of the molecule is CC1(C)Cc2onc(C3CC3)c2C(N)C1. The van der Waals surface area contributed by atoms with Crippen LogP contribution in [-0.2, 0) is 6.42 Å². The summed E-state index contributed by atoms with van der Waals surface area (Å²) in [6, 6.07) is 0.130. The molecule has 1 aromatic rings. The molecule has 0 bridgehead atoms. The molecule has 1 aromatic heterocycles. The van der Waals surface area contributed by atoms with E-state index >= 15 is 0 Å². The summed E-state index contributed by atoms with van der Waals surface area (Å²) in [4.78, 5) is 0. The lowest BCUT2D eigenvalue weighted by atomic mass is 9.74. The lowest BCUT2D eigenvalue weighted by molar-refractivity contribution is 0.242. The minimum absolute atomic E-state index is 0.130. The summed E-state index contributed by atoms with van der Waals surface area (Å²) in [5, 5.41) is 4.22. The molecule has 0 radical (unpaired) electrons. The molecule has 2 aliphatic rings. The molecule has 2 aliphatic carbocycles. The zero-order valence-electron chi connectivity index (χ0n) is 9.42. The van der Waals surface area contributed by atoms with Gasteiger partial charge < -0.3 is 10.3 Å². The summed E-state index contributed by atoms with van der Waals surface area (Å²) in [6.45, 7) is 4.49. The molecule has 0 saturated heterocycles. The third-order valence-electron chi connectivity index (χ3n) is 3.58. The van der Waals surface area contributed by atoms with Gasteiger partial charge in [-0.1, -0.05) is 19.0 Å². The monoisotopic (exact) mass is 206 g/mol. The second-order valence-electron chi connectivity index (χ2n) is 5.83. The van der Waals surface area contributed by atoms with Gasteiger partial charge >= 0.3 is 0 Å². The second-order valence-corrected chi connectivity index (χ2v) is 5.83. The van der Waals surface area contributed by atoms with Gasteiger partial charge in [-0.3, -0.25) is 0 Å². The van der Waals surface area contributed by atoms with Crippen LogP contribution in [0.1, 0.15) is 62.1 Å². The Hall–Kier alpha value is -0.830. The maximum atomic E-state index is 6.23. The van der Waals surface area contributed by atoms with Crippen LogP contribution in [0.5, 0.6) is 0 Å². The molecule has 1 unspecified atom stereocenters. The van der Waals surface area contributed by atoms with Gasteiger partial charge in [-0.15, -0.1) is 0 Å². The van der Waals surface area contributed by atoms with E-state index in [1.54, 1.807) is 0 Å². The van der Waals surface area contributed by atoms with Crippen LogP contribution in [-0.4, -0.2) is 5.16 Å². The number of nitrogens with zero attached hydrogens (tertiary/aromatic N) is 1. The Balaban J connectivity index is 2.02. The van der Waals surface area contributed by atoms with Gasteiger partial charge in [-0.05, 0) is 24.7 Å². The van der Waals surface area contributed by atoms with Gasteiger partial charge in [0.15, 0.2) is 0 Å². The number of hydrogen-bond acceptors (Lipinski definition) is 3. The molecule has 0 spiro atoms. The molecule has 0 aromatic carbocycles. The van der Waals surface area contributed by atoms with Gasteiger partial charge in [-0.25, -0.2) is 0 Å². The number of nitrogens with two attached hydrogens (primary N) is 1. The van der Waals surface area contributed by atoms with E-state index in [0.717, 1.165) is 24.3 Å². The zero-order valence-corrected chi connectivity index (χ0v) is 9.42. The smallest absolute Gasteiger partial charge is 0.142 e. The van der Waals surface area contributed by atoms with Gasteiger partial charge in [0.1, 0.15) is 5.76 Å². The van der Waals surface area contributed by atoms with Crippen LogP contribution in [0.25, 0.3) is 0 Å². The van der Waals surface area contributed by atoms with Crippen molar-refractivity contribution in [1.29, 1.82) is 0 Å². The average Bonchev–Trinajstić information content (AvgIpc) is 2.86. The first-order valence-electron chi connectivity index (χ1n) is 5.81. The van der Waals surface area contributed by atoms with E-state index < -0.39 is 0 Å². The second kappa shape index (κ2) is 2.85. The van der Waals surface area contributed by atoms with Gasteiger partial charge in [0.25, 0.3) is 0 Å². The molecular weight excluding hydrogens is 188 g/mol. The molecule has 1 fully saturated rings. The number of rotatable bonds is 1. The van der Waals surface area contributed by atoms with Crippen LogP contribution in [0.15, 0.2) is 4.52 Å². The van der Waals surface area contributed by atoms with Crippen molar-refractivity contribution in [2.24, 2.45) is 11.1 Å². The van der Waals surface area contributed by atoms with Crippen molar-refractivity contribution in [1.82, 2.24) is 5.16 Å². The Bertz CT molecular complexity index is 390. The Kier molecular flexibility index (Phi) is 1.78. The number of fused-ring (bicyclic) bond motifs is 1. The summed E-state index contributed by atoms with van der Waals surface area (Å²) in [5.74, 6) is 1.69. The Morgan fingerprint density at radius 2 is 2.13 bits per heavy atom. The van der Waals surface area contributed by atoms with Crippen molar-refractivity contribution >= 4 is 0 Å². The highest BCUT2D eigenvalue weighted by atomic mass is 16.5. The Morgan fingerprint density at radius 1 is 1.40 bits per heavy atom. The summed E-state index contributed by atoms with van der Waals surface area (Å²) < 4.78 is 5.46. The fourth-order valence-electron chi connectivity index (χ4n) is 2.73. The van der Waals surface area contributed by atoms with Gasteiger partial charge in [-0.2, -0.15) is 0 Å². The van der Waals surface area contributed by atoms with E-state index in [-0.39, 0.29) is 11.5 Å². The number of hydrogen-bond donors (Lipinski definition) is 1. The normalized spacial score (nSPS) is 28.9. The quantitative estimate of drug-likeness (QED) is 0.768. The van der Waals surface area contributed by atoms with E-state index in [4.69, 9.17) is 10.3 Å². The largest absolute Gasteiger partial charge is 0.361 e. The molecule has 1 atom stereocenters. The third-order valence-corrected chi connectivity index (χ3v) is 3.58. The molecule has 15 heavy (non-hydrogen) atoms. The molecule has 1 saturated carbocycles. The molecule has 82 valence electrons. The molecule has 3 rings (SSSR count). The van der Waals surface area contributed by atoms with Crippen LogP contribution in [0.2, 0.25) is 0 Å². The summed E-state index contributed by atoms with van der Waals surface area (Å²) in [7, 11) is 0. The Morgan fingerprint density at radius 3 is 2.80 bits per heavy atom. The van der Waals surface area contributed by atoms with Crippen LogP contribution in [0.4, 0.5) is 0 Å². The molecule has 3 heteroatoms. The van der Waals surface area contributed by atoms with Gasteiger partial charge in [0.2, 0.25) is 0 Å². The zero-order chi connectivity index (χ0) is 10.6. The lowest BCUT2D eigenvalue weighted by Crippen LogP contribution is -2.29. The van der Waals surface area contributed by atoms with Crippen molar-refractivity contribution in [3.05, 3.63) is 17.0 Å². The van der Waals surface area contributed by atoms with E-state index in [1.165, 1.54) is 18.4 Å². The van der Waals surface area contributed by atoms with E-state index in [2.05, 4.69) is 19.0 Å². The first kappa shape index (κ1) is 9.40. The summed E-state index contributed by atoms with van der Waals surface area (Å²) in [5.41, 5.74) is 8.88. The highest BCUT2D eigenvalue weighted by Crippen LogP contribution is 2.47. The minimum atomic E-state index is 0.130. The predicted octanol–water partition coefficient (Wildman–Crippen LogP) is 2.52. The van der Waals surface area contributed by atoms with E-state index in [9.17, 15) is 0 Å². The van der Waals surface area contributed by atoms with E-state index in [0.29, 0.717) is 5.92 Å². The van der Waals surface area contributed by atoms with Crippen molar-refractivity contribution < 1.29 is 4.52 Å². The molecule has 0 aliphatic heterocycles. The third kappa shape index (κ3) is 1.49. The maximum Gasteiger partial charge on any atom is 0.142 e. The molecule has 2 N–H and O–H groups in total. The lowest BCUT2D eigenvalue weighted by Gasteiger charge is -2.32. The van der Waals surface area contributed by atoms with Crippen molar-refractivity contribution in [2.45, 2.75) is 51.5 Å². The van der Waals surface area contributed by atoms with Crippen LogP contribution < -0.4 is 5.73 Å². The predicted molar refractivity (Wildman–Crippen MR) is 57.5 cm³/mol. The highest BCUT2D eigenvalue weighted by molar-refractivity contribution is 5.34. The minimum Gasteiger partial charge on any atom is -0.361 e. The molecule has 3 nitrogen and oxygen atoms in total. The molecule has 0 amide bonds. The fraction of sp³-hybridized carbons (Fsp3) is 0.750. The summed E-state index contributed by atoms with van der Waals surface area (Å²) in [6.07, 6.45) is 4.54. The Labute approximate surface area is 90.0 Å². The van der Waals surface area contributed by atoms with Crippen molar-refractivity contribution in [3.8, 4) is 0 Å². The van der Waals surface area contributed by atoms with Crippen molar-refractivity contribution in [2.75, 3.05) is 0 Å². The number of aromatic nitrogens is 1. The van der Waals surface area contributed by atoms with Crippen LogP contribution in [0, 0.1) is 5.41 Å². The topological polar surface area (TPSA) is 52.0 Å². The highest BCUT2D eigenvalue weighted by Gasteiger charge is 2.39. The average molecular weight is 206 g/mol. The first-order valence-corrected chi connectivity index (χ1v) is 5.81. The standard InChI is InChI=1S/C12H18N2O/c1-12(2)5-8(13)10-9(6-12)15-14-11(10)7-3-4-7/h7-8H,3-6,13H2,1-2H3. The molecule has 1 heterocycles. The molecular formula is C12H18N2O. The fourth-order valence-corrected chi connectivity index (χ4v) is 2.73. The van der Waals surface area contributed by atoms with Gasteiger partial charge in [0, 0.05) is 23.9 Å². The summed E-state index contributed by atoms with van der Waals surface area (Å²) >= 11 is 0. The van der Waals surface area contributed by atoms with Crippen LogP contribution in [0.3, 0.4) is 0 Å². The van der Waals surface area contributed by atoms with Crippen LogP contribution >= 0.6 is 0 Å². The first-order chi connectivity index (χ1) is 7.07. The maximum absolute atomic E-state index is 6.23.